The Morgan fingerprint density at radius 2 is 2.43 bits per heavy atom. The maximum Gasteiger partial charge on any atom is 0.330 e. The topological polar surface area (TPSA) is 52.6 Å². The number of carbonyl (C=O) groups excluding carboxylic acids is 2. The van der Waals surface area contributed by atoms with Crippen molar-refractivity contribution in [2.24, 2.45) is 5.92 Å². The summed E-state index contributed by atoms with van der Waals surface area (Å²) < 4.78 is 9.88. The molecule has 2 heterocycles. The normalized spacial score (nSPS) is 35.5. The SMILES string of the molecule is COC(=O)/C=C/[C@@H]1C[C@H]2CC(=O)[C@@H]1O2. The molecule has 2 bridgehead atoms. The molecule has 0 aliphatic carbocycles. The number of carbonyl (C=O) groups is 2. The largest absolute Gasteiger partial charge is 0.466 e. The highest BCUT2D eigenvalue weighted by Crippen LogP contribution is 2.37. The third-order valence-electron chi connectivity index (χ3n) is 2.69. The fourth-order valence-corrected chi connectivity index (χ4v) is 2.03. The Morgan fingerprint density at radius 3 is 3.00 bits per heavy atom. The van der Waals surface area contributed by atoms with Crippen molar-refractivity contribution < 1.29 is 19.1 Å². The maximum atomic E-state index is 11.3. The minimum Gasteiger partial charge on any atom is -0.466 e. The van der Waals surface area contributed by atoms with Gasteiger partial charge in [-0.1, -0.05) is 6.08 Å². The van der Waals surface area contributed by atoms with Crippen LogP contribution in [0.15, 0.2) is 12.2 Å². The number of hydrogen-bond donors (Lipinski definition) is 0. The zero-order chi connectivity index (χ0) is 10.1. The molecule has 0 aromatic heterocycles. The molecule has 2 saturated heterocycles. The predicted octanol–water partition coefficient (Wildman–Crippen LogP) is 0.462. The molecular formula is C10H12O4. The van der Waals surface area contributed by atoms with E-state index < -0.39 is 0 Å². The van der Waals surface area contributed by atoms with Crippen molar-refractivity contribution in [3.8, 4) is 0 Å². The molecule has 0 saturated carbocycles. The van der Waals surface area contributed by atoms with Crippen LogP contribution in [0.25, 0.3) is 0 Å². The summed E-state index contributed by atoms with van der Waals surface area (Å²) in [5, 5.41) is 0. The van der Waals surface area contributed by atoms with Crippen LogP contribution in [0.4, 0.5) is 0 Å². The van der Waals surface area contributed by atoms with Crippen molar-refractivity contribution in [1.29, 1.82) is 0 Å². The zero-order valence-electron chi connectivity index (χ0n) is 7.93. The van der Waals surface area contributed by atoms with Gasteiger partial charge < -0.3 is 9.47 Å². The summed E-state index contributed by atoms with van der Waals surface area (Å²) in [5.74, 6) is -0.179. The number of esters is 1. The molecule has 2 aliphatic rings. The molecule has 3 atom stereocenters. The van der Waals surface area contributed by atoms with E-state index in [0.29, 0.717) is 6.42 Å². The van der Waals surface area contributed by atoms with E-state index in [1.54, 1.807) is 6.08 Å². The van der Waals surface area contributed by atoms with Crippen molar-refractivity contribution in [3.63, 3.8) is 0 Å². The van der Waals surface area contributed by atoms with E-state index in [1.165, 1.54) is 13.2 Å². The van der Waals surface area contributed by atoms with Crippen LogP contribution in [0.5, 0.6) is 0 Å². The van der Waals surface area contributed by atoms with Gasteiger partial charge in [0.1, 0.15) is 6.10 Å². The Balaban J connectivity index is 1.98. The number of fused-ring (bicyclic) bond motifs is 2. The molecule has 0 aromatic rings. The Bertz CT molecular complexity index is 294. The van der Waals surface area contributed by atoms with Crippen LogP contribution in [0.1, 0.15) is 12.8 Å². The van der Waals surface area contributed by atoms with Crippen LogP contribution in [-0.4, -0.2) is 31.1 Å². The number of ketones is 1. The summed E-state index contributed by atoms with van der Waals surface area (Å²) >= 11 is 0. The fourth-order valence-electron chi connectivity index (χ4n) is 2.03. The van der Waals surface area contributed by atoms with Gasteiger partial charge >= 0.3 is 5.97 Å². The summed E-state index contributed by atoms with van der Waals surface area (Å²) in [6.07, 6.45) is 4.20. The summed E-state index contributed by atoms with van der Waals surface area (Å²) in [4.78, 5) is 22.1. The average molecular weight is 196 g/mol. The Kier molecular flexibility index (Phi) is 2.37. The van der Waals surface area contributed by atoms with E-state index in [1.807, 2.05) is 0 Å². The quantitative estimate of drug-likeness (QED) is 0.475. The third kappa shape index (κ3) is 1.57. The molecule has 2 aliphatic heterocycles. The highest BCUT2D eigenvalue weighted by molar-refractivity contribution is 5.87. The molecule has 2 rings (SSSR count). The highest BCUT2D eigenvalue weighted by atomic mass is 16.5. The van der Waals surface area contributed by atoms with Crippen molar-refractivity contribution >= 4 is 11.8 Å². The van der Waals surface area contributed by atoms with E-state index >= 15 is 0 Å². The Labute approximate surface area is 81.9 Å². The molecular weight excluding hydrogens is 184 g/mol. The average Bonchev–Trinajstić information content (AvgIpc) is 2.72. The van der Waals surface area contributed by atoms with Crippen LogP contribution in [0.2, 0.25) is 0 Å². The first-order chi connectivity index (χ1) is 6.70. The van der Waals surface area contributed by atoms with Gasteiger partial charge in [-0.2, -0.15) is 0 Å². The van der Waals surface area contributed by atoms with E-state index in [2.05, 4.69) is 4.74 Å². The summed E-state index contributed by atoms with van der Waals surface area (Å²) in [7, 11) is 1.33. The van der Waals surface area contributed by atoms with Crippen molar-refractivity contribution in [2.45, 2.75) is 25.0 Å². The minimum absolute atomic E-state index is 0.0559. The van der Waals surface area contributed by atoms with Crippen LogP contribution in [-0.2, 0) is 19.1 Å². The fraction of sp³-hybridized carbons (Fsp3) is 0.600. The standard InChI is InChI=1S/C10H12O4/c1-13-9(12)3-2-6-4-7-5-8(11)10(6)14-7/h2-3,6-7,10H,4-5H2,1H3/b3-2+/t6-,7+,10-/m1/s1. The first-order valence-electron chi connectivity index (χ1n) is 4.65. The second kappa shape index (κ2) is 3.53. The molecule has 0 radical (unpaired) electrons. The Morgan fingerprint density at radius 1 is 1.64 bits per heavy atom. The van der Waals surface area contributed by atoms with Crippen LogP contribution < -0.4 is 0 Å². The summed E-state index contributed by atoms with van der Waals surface area (Å²) in [6, 6.07) is 0. The van der Waals surface area contributed by atoms with E-state index in [-0.39, 0.29) is 29.9 Å². The maximum absolute atomic E-state index is 11.3. The second-order valence-corrected chi connectivity index (χ2v) is 3.63. The number of ether oxygens (including phenoxy) is 2. The molecule has 0 unspecified atom stereocenters. The van der Waals surface area contributed by atoms with Crippen LogP contribution in [0.3, 0.4) is 0 Å². The monoisotopic (exact) mass is 196 g/mol. The van der Waals surface area contributed by atoms with Crippen molar-refractivity contribution in [1.82, 2.24) is 0 Å². The zero-order valence-corrected chi connectivity index (χ0v) is 7.93. The molecule has 0 aromatic carbocycles. The molecule has 0 N–H and O–H groups in total. The number of Topliss-reactive ketones (excluding diaryl/α,β-unsaturated/α-hetero) is 1. The van der Waals surface area contributed by atoms with Crippen molar-refractivity contribution in [3.05, 3.63) is 12.2 Å². The van der Waals surface area contributed by atoms with Crippen LogP contribution in [0, 0.1) is 5.92 Å². The van der Waals surface area contributed by atoms with Gasteiger partial charge in [-0.25, -0.2) is 4.79 Å². The molecule has 4 heteroatoms. The van der Waals surface area contributed by atoms with E-state index in [9.17, 15) is 9.59 Å². The second-order valence-electron chi connectivity index (χ2n) is 3.63. The number of rotatable bonds is 2. The lowest BCUT2D eigenvalue weighted by Gasteiger charge is -2.12. The summed E-state index contributed by atoms with van der Waals surface area (Å²) in [5.41, 5.74) is 0. The first kappa shape index (κ1) is 9.40. The molecule has 2 fully saturated rings. The van der Waals surface area contributed by atoms with Gasteiger partial charge in [0.05, 0.1) is 13.2 Å². The predicted molar refractivity (Wildman–Crippen MR) is 47.5 cm³/mol. The van der Waals surface area contributed by atoms with Gasteiger partial charge in [0, 0.05) is 18.4 Å². The first-order valence-corrected chi connectivity index (χ1v) is 4.65. The van der Waals surface area contributed by atoms with Gasteiger partial charge in [0.2, 0.25) is 0 Å². The molecule has 0 amide bonds. The Hall–Kier alpha value is -1.16. The number of methoxy groups -OCH3 is 1. The molecule has 4 nitrogen and oxygen atoms in total. The van der Waals surface area contributed by atoms with Gasteiger partial charge in [0.25, 0.3) is 0 Å². The third-order valence-corrected chi connectivity index (χ3v) is 2.69. The van der Waals surface area contributed by atoms with Gasteiger partial charge in [0.15, 0.2) is 5.78 Å². The molecule has 0 spiro atoms. The lowest BCUT2D eigenvalue weighted by atomic mass is 9.88. The molecule has 76 valence electrons. The van der Waals surface area contributed by atoms with Gasteiger partial charge in [-0.15, -0.1) is 0 Å². The smallest absolute Gasteiger partial charge is 0.330 e. The van der Waals surface area contributed by atoms with Gasteiger partial charge in [-0.05, 0) is 6.42 Å². The summed E-state index contributed by atoms with van der Waals surface area (Å²) in [6.45, 7) is 0. The van der Waals surface area contributed by atoms with E-state index in [0.717, 1.165) is 6.42 Å². The lowest BCUT2D eigenvalue weighted by molar-refractivity contribution is -0.135. The van der Waals surface area contributed by atoms with E-state index in [4.69, 9.17) is 4.74 Å². The number of hydrogen-bond acceptors (Lipinski definition) is 4. The van der Waals surface area contributed by atoms with Crippen molar-refractivity contribution in [2.75, 3.05) is 7.11 Å². The lowest BCUT2D eigenvalue weighted by Crippen LogP contribution is -2.24. The highest BCUT2D eigenvalue weighted by Gasteiger charge is 2.45. The minimum atomic E-state index is -0.389. The van der Waals surface area contributed by atoms with Crippen LogP contribution >= 0.6 is 0 Å². The van der Waals surface area contributed by atoms with Gasteiger partial charge in [-0.3, -0.25) is 4.79 Å². The molecule has 14 heavy (non-hydrogen) atoms.